The van der Waals surface area contributed by atoms with Gasteiger partial charge in [0.2, 0.25) is 0 Å². The number of nitrogens with zero attached hydrogens (tertiary/aromatic N) is 5. The molecule has 7 nitrogen and oxygen atoms in total. The molecule has 0 bridgehead atoms. The van der Waals surface area contributed by atoms with E-state index in [2.05, 4.69) is 41.5 Å². The van der Waals surface area contributed by atoms with Crippen LogP contribution in [0, 0.1) is 23.1 Å². The van der Waals surface area contributed by atoms with Gasteiger partial charge in [-0.15, -0.1) is 0 Å². The number of fused-ring (bicyclic) bond motifs is 1. The molecule has 2 aromatic heterocycles. The quantitative estimate of drug-likeness (QED) is 0.285. The van der Waals surface area contributed by atoms with Crippen LogP contribution in [0.25, 0.3) is 22.5 Å². The second-order valence-electron chi connectivity index (χ2n) is 11.0. The first kappa shape index (κ1) is 26.7. The lowest BCUT2D eigenvalue weighted by atomic mass is 9.98. The number of benzene rings is 2. The lowest BCUT2D eigenvalue weighted by Crippen LogP contribution is -2.27. The number of aromatic nitrogens is 3. The average Bonchev–Trinajstić information content (AvgIpc) is 3.56. The topological polar surface area (TPSA) is 86.3 Å². The molecule has 1 saturated heterocycles. The maximum atomic E-state index is 15.3. The van der Waals surface area contributed by atoms with Crippen LogP contribution in [-0.2, 0) is 6.42 Å². The Kier molecular flexibility index (Phi) is 7.27. The van der Waals surface area contributed by atoms with Gasteiger partial charge >= 0.3 is 0 Å². The molecule has 6 rings (SSSR count). The van der Waals surface area contributed by atoms with E-state index in [0.717, 1.165) is 37.2 Å². The Bertz CT molecular complexity index is 1700. The monoisotopic (exact) mass is 548 g/mol. The predicted molar refractivity (Wildman–Crippen MR) is 158 cm³/mol. The summed E-state index contributed by atoms with van der Waals surface area (Å²) in [7, 11) is 0. The number of carbonyl (C=O) groups is 1. The van der Waals surface area contributed by atoms with Gasteiger partial charge in [0, 0.05) is 48.6 Å². The van der Waals surface area contributed by atoms with Crippen LogP contribution < -0.4 is 10.2 Å². The number of hydrogen-bond acceptors (Lipinski definition) is 5. The van der Waals surface area contributed by atoms with E-state index >= 15 is 4.39 Å². The number of rotatable bonds is 8. The number of nitrogens with one attached hydrogen (secondary N) is 1. The Labute approximate surface area is 239 Å². The highest BCUT2D eigenvalue weighted by Crippen LogP contribution is 2.40. The number of hydrogen-bond donors (Lipinski definition) is 1. The molecule has 1 N–H and O–H groups in total. The summed E-state index contributed by atoms with van der Waals surface area (Å²) in [5.74, 6) is -0.307. The first-order valence-corrected chi connectivity index (χ1v) is 14.3. The number of nitriles is 1. The highest BCUT2D eigenvalue weighted by Gasteiger charge is 2.29. The summed E-state index contributed by atoms with van der Waals surface area (Å²) < 4.78 is 17.1. The molecule has 1 atom stereocenters. The molecule has 1 aliphatic carbocycles. The molecule has 0 radical (unpaired) electrons. The van der Waals surface area contributed by atoms with Gasteiger partial charge in [0.25, 0.3) is 5.91 Å². The van der Waals surface area contributed by atoms with E-state index in [1.165, 1.54) is 22.8 Å². The second-order valence-corrected chi connectivity index (χ2v) is 11.0. The number of amides is 1. The van der Waals surface area contributed by atoms with E-state index in [0.29, 0.717) is 48.0 Å². The molecule has 8 heteroatoms. The standard InChI is InChI=1S/C33H33FN6O/c1-3-21(2)26-7-5-4-6-23(26)12-14-36-33(41)30-17-31(24-8-9-24)40-32(37-30)18-29(38-40)27-11-10-25(16-28(27)34)39-15-13-22(19-35)20-39/h3-7,10-11,16-18,22,24H,8-9,12-15,20H2,1-2H3,(H,36,41)/b21-3-/t22-/m0/s1. The minimum atomic E-state index is -0.370. The summed E-state index contributed by atoms with van der Waals surface area (Å²) in [6, 6.07) is 19.3. The SMILES string of the molecule is C/C=C(/C)c1ccccc1CCNC(=O)c1cc(C2CC2)n2nc(-c3ccc(N4CC[C@@H](C#N)C4)cc3F)cc2n1. The zero-order valence-electron chi connectivity index (χ0n) is 23.4. The van der Waals surface area contributed by atoms with Crippen molar-refractivity contribution in [2.75, 3.05) is 24.5 Å². The summed E-state index contributed by atoms with van der Waals surface area (Å²) in [5, 5.41) is 16.9. The van der Waals surface area contributed by atoms with Gasteiger partial charge in [-0.1, -0.05) is 30.3 Å². The zero-order chi connectivity index (χ0) is 28.5. The highest BCUT2D eigenvalue weighted by molar-refractivity contribution is 5.93. The van der Waals surface area contributed by atoms with Crippen LogP contribution in [0.5, 0.6) is 0 Å². The third kappa shape index (κ3) is 5.45. The molecule has 4 aromatic rings. The Morgan fingerprint density at radius 2 is 2.00 bits per heavy atom. The zero-order valence-corrected chi connectivity index (χ0v) is 23.4. The molecular weight excluding hydrogens is 515 g/mol. The maximum Gasteiger partial charge on any atom is 0.270 e. The summed E-state index contributed by atoms with van der Waals surface area (Å²) in [6.45, 7) is 5.97. The molecule has 2 fully saturated rings. The van der Waals surface area contributed by atoms with Crippen molar-refractivity contribution in [2.45, 2.75) is 45.4 Å². The number of anilines is 1. The molecular formula is C33H33FN6O. The first-order valence-electron chi connectivity index (χ1n) is 14.3. The number of halogens is 1. The van der Waals surface area contributed by atoms with Crippen LogP contribution >= 0.6 is 0 Å². The molecule has 1 saturated carbocycles. The van der Waals surface area contributed by atoms with Crippen molar-refractivity contribution < 1.29 is 9.18 Å². The molecule has 41 heavy (non-hydrogen) atoms. The van der Waals surface area contributed by atoms with Gasteiger partial charge < -0.3 is 10.2 Å². The van der Waals surface area contributed by atoms with Gasteiger partial charge in [-0.3, -0.25) is 4.79 Å². The van der Waals surface area contributed by atoms with Crippen LogP contribution in [0.1, 0.15) is 66.3 Å². The van der Waals surface area contributed by atoms with Crippen LogP contribution in [0.15, 0.2) is 60.7 Å². The van der Waals surface area contributed by atoms with Crippen molar-refractivity contribution in [3.63, 3.8) is 0 Å². The van der Waals surface area contributed by atoms with E-state index in [4.69, 9.17) is 5.10 Å². The van der Waals surface area contributed by atoms with Crippen molar-refractivity contribution in [3.8, 4) is 17.3 Å². The fraction of sp³-hybridized carbons (Fsp3) is 0.333. The Morgan fingerprint density at radius 1 is 1.17 bits per heavy atom. The average molecular weight is 549 g/mol. The van der Waals surface area contributed by atoms with Crippen molar-refractivity contribution in [1.29, 1.82) is 5.26 Å². The van der Waals surface area contributed by atoms with E-state index < -0.39 is 0 Å². The van der Waals surface area contributed by atoms with Gasteiger partial charge in [-0.05, 0) is 80.5 Å². The molecule has 208 valence electrons. The summed E-state index contributed by atoms with van der Waals surface area (Å²) >= 11 is 0. The van der Waals surface area contributed by atoms with Gasteiger partial charge in [-0.2, -0.15) is 10.4 Å². The summed E-state index contributed by atoms with van der Waals surface area (Å²) in [4.78, 5) is 19.9. The Morgan fingerprint density at radius 3 is 2.73 bits per heavy atom. The van der Waals surface area contributed by atoms with Crippen LogP contribution in [-0.4, -0.2) is 40.1 Å². The summed E-state index contributed by atoms with van der Waals surface area (Å²) in [5.41, 5.74) is 7.03. The molecule has 3 heterocycles. The molecule has 2 aliphatic rings. The minimum absolute atomic E-state index is 0.0206. The van der Waals surface area contributed by atoms with Crippen LogP contribution in [0.2, 0.25) is 0 Å². The van der Waals surface area contributed by atoms with Gasteiger partial charge in [-0.25, -0.2) is 13.9 Å². The van der Waals surface area contributed by atoms with Crippen molar-refractivity contribution >= 4 is 22.8 Å². The van der Waals surface area contributed by atoms with Crippen molar-refractivity contribution in [1.82, 2.24) is 19.9 Å². The van der Waals surface area contributed by atoms with Gasteiger partial charge in [0.1, 0.15) is 11.5 Å². The van der Waals surface area contributed by atoms with Crippen LogP contribution in [0.3, 0.4) is 0 Å². The Balaban J connectivity index is 1.22. The minimum Gasteiger partial charge on any atom is -0.370 e. The molecule has 1 aliphatic heterocycles. The van der Waals surface area contributed by atoms with E-state index in [1.807, 2.05) is 36.1 Å². The van der Waals surface area contributed by atoms with Crippen molar-refractivity contribution in [3.05, 3.63) is 89.0 Å². The van der Waals surface area contributed by atoms with Crippen LogP contribution in [0.4, 0.5) is 10.1 Å². The fourth-order valence-electron chi connectivity index (χ4n) is 5.60. The van der Waals surface area contributed by atoms with E-state index in [1.54, 1.807) is 16.6 Å². The fourth-order valence-corrected chi connectivity index (χ4v) is 5.60. The summed E-state index contributed by atoms with van der Waals surface area (Å²) in [6.07, 6.45) is 5.65. The largest absolute Gasteiger partial charge is 0.370 e. The molecule has 0 spiro atoms. The van der Waals surface area contributed by atoms with E-state index in [9.17, 15) is 10.1 Å². The Hall–Kier alpha value is -4.51. The first-order chi connectivity index (χ1) is 19.9. The smallest absolute Gasteiger partial charge is 0.270 e. The number of carbonyl (C=O) groups excluding carboxylic acids is 1. The number of allylic oxidation sites excluding steroid dienone is 2. The molecule has 1 amide bonds. The maximum absolute atomic E-state index is 15.3. The van der Waals surface area contributed by atoms with E-state index in [-0.39, 0.29) is 17.6 Å². The second kappa shape index (κ2) is 11.2. The molecule has 0 unspecified atom stereocenters. The highest BCUT2D eigenvalue weighted by atomic mass is 19.1. The van der Waals surface area contributed by atoms with Gasteiger partial charge in [0.05, 0.1) is 17.7 Å². The lowest BCUT2D eigenvalue weighted by Gasteiger charge is -2.18. The predicted octanol–water partition coefficient (Wildman–Crippen LogP) is 6.16. The molecule has 2 aromatic carbocycles. The van der Waals surface area contributed by atoms with Gasteiger partial charge in [0.15, 0.2) is 5.65 Å². The third-order valence-electron chi connectivity index (χ3n) is 8.20. The lowest BCUT2D eigenvalue weighted by molar-refractivity contribution is 0.0949. The van der Waals surface area contributed by atoms with Crippen molar-refractivity contribution in [2.24, 2.45) is 5.92 Å². The normalized spacial score (nSPS) is 17.2. The third-order valence-corrected chi connectivity index (χ3v) is 8.20.